The molecule has 0 saturated carbocycles. The van der Waals surface area contributed by atoms with Gasteiger partial charge >= 0.3 is 0 Å². The lowest BCUT2D eigenvalue weighted by molar-refractivity contribution is -0.124. The molecule has 37 heavy (non-hydrogen) atoms. The molecule has 0 spiro atoms. The van der Waals surface area contributed by atoms with E-state index in [-0.39, 0.29) is 5.91 Å². The molecule has 2 aromatic rings. The third kappa shape index (κ3) is 5.88. The maximum atomic E-state index is 10.8. The van der Waals surface area contributed by atoms with E-state index in [0.29, 0.717) is 12.5 Å². The lowest BCUT2D eigenvalue weighted by Crippen LogP contribution is -2.37. The van der Waals surface area contributed by atoms with E-state index in [4.69, 9.17) is 9.47 Å². The second-order valence-corrected chi connectivity index (χ2v) is 10.0. The number of rotatable bonds is 3. The summed E-state index contributed by atoms with van der Waals surface area (Å²) in [5.74, 6) is 3.39. The minimum Gasteiger partial charge on any atom is -0.486 e. The smallest absolute Gasteiger partial charge is 0.245 e. The summed E-state index contributed by atoms with van der Waals surface area (Å²) < 4.78 is 11.8. The Labute approximate surface area is 219 Å². The third-order valence-corrected chi connectivity index (χ3v) is 7.55. The second kappa shape index (κ2) is 11.9. The number of nitrogens with one attached hydrogen (secondary N) is 2. The number of aryl methyl sites for hydroxylation is 1. The molecule has 5 heterocycles. The van der Waals surface area contributed by atoms with Gasteiger partial charge in [0.15, 0.2) is 0 Å². The van der Waals surface area contributed by atoms with Crippen LogP contribution in [0.15, 0.2) is 31.1 Å². The molecule has 1 aromatic carbocycles. The number of carbonyl (C=O) groups excluding carboxylic acids is 1. The highest BCUT2D eigenvalue weighted by atomic mass is 16.5. The van der Waals surface area contributed by atoms with Gasteiger partial charge in [0.1, 0.15) is 30.3 Å². The van der Waals surface area contributed by atoms with E-state index in [2.05, 4.69) is 51.1 Å². The minimum atomic E-state index is 0.0764. The van der Waals surface area contributed by atoms with Gasteiger partial charge in [-0.05, 0) is 74.9 Å². The highest BCUT2D eigenvalue weighted by Crippen LogP contribution is 2.41. The normalized spacial score (nSPS) is 19.4. The number of ether oxygens (including phenoxy) is 2. The van der Waals surface area contributed by atoms with Gasteiger partial charge in [-0.3, -0.25) is 4.79 Å². The summed E-state index contributed by atoms with van der Waals surface area (Å²) in [6.45, 7) is 13.2. The SMILES string of the molecule is C=CC(=O)N1CCCC1.Cc1cc(C2CCNCC2)cc2c1OCc1c(ncnc1N1CCOCC1)N2. The van der Waals surface area contributed by atoms with Crippen molar-refractivity contribution in [2.45, 2.75) is 45.1 Å². The van der Waals surface area contributed by atoms with Crippen LogP contribution in [-0.4, -0.2) is 73.3 Å². The summed E-state index contributed by atoms with van der Waals surface area (Å²) in [5.41, 5.74) is 4.59. The topological polar surface area (TPSA) is 91.9 Å². The number of amides is 1. The van der Waals surface area contributed by atoms with E-state index in [9.17, 15) is 4.79 Å². The lowest BCUT2D eigenvalue weighted by Gasteiger charge is -2.29. The van der Waals surface area contributed by atoms with Crippen molar-refractivity contribution in [1.82, 2.24) is 20.2 Å². The maximum absolute atomic E-state index is 10.8. The zero-order chi connectivity index (χ0) is 25.6. The van der Waals surface area contributed by atoms with Crippen molar-refractivity contribution in [2.24, 2.45) is 0 Å². The summed E-state index contributed by atoms with van der Waals surface area (Å²) in [5, 5.41) is 7.00. The summed E-state index contributed by atoms with van der Waals surface area (Å²) in [7, 11) is 0. The molecule has 0 atom stereocenters. The number of aromatic nitrogens is 2. The van der Waals surface area contributed by atoms with Crippen molar-refractivity contribution in [3.05, 3.63) is 47.8 Å². The summed E-state index contributed by atoms with van der Waals surface area (Å²) >= 11 is 0. The van der Waals surface area contributed by atoms with Crippen molar-refractivity contribution >= 4 is 23.2 Å². The van der Waals surface area contributed by atoms with Crippen LogP contribution in [0.2, 0.25) is 0 Å². The Morgan fingerprint density at radius 2 is 1.86 bits per heavy atom. The van der Waals surface area contributed by atoms with Crippen LogP contribution >= 0.6 is 0 Å². The van der Waals surface area contributed by atoms with E-state index in [1.165, 1.54) is 30.0 Å². The van der Waals surface area contributed by atoms with Gasteiger partial charge in [-0.2, -0.15) is 0 Å². The molecular weight excluding hydrogens is 468 g/mol. The first kappa shape index (κ1) is 25.5. The zero-order valence-electron chi connectivity index (χ0n) is 21.8. The van der Waals surface area contributed by atoms with Crippen molar-refractivity contribution in [1.29, 1.82) is 0 Å². The largest absolute Gasteiger partial charge is 0.486 e. The van der Waals surface area contributed by atoms with Crippen molar-refractivity contribution in [3.63, 3.8) is 0 Å². The van der Waals surface area contributed by atoms with E-state index < -0.39 is 0 Å². The monoisotopic (exact) mass is 506 g/mol. The number of benzene rings is 1. The number of hydrogen-bond acceptors (Lipinski definition) is 8. The Bertz CT molecular complexity index is 1110. The van der Waals surface area contributed by atoms with Crippen molar-refractivity contribution in [2.75, 3.05) is 62.7 Å². The molecule has 0 unspecified atom stereocenters. The molecule has 0 aliphatic carbocycles. The van der Waals surface area contributed by atoms with E-state index in [1.54, 1.807) is 6.33 Å². The standard InChI is InChI=1S/C21H27N5O2.C7H11NO/c1-14-10-16(15-2-4-22-5-3-15)11-18-19(14)28-12-17-20(25-18)23-13-24-21(17)26-6-8-27-9-7-26;1-2-7(9)8-5-3-4-6-8/h10-11,13,15,22H,2-9,12H2,1H3,(H,23,24,25);2H,1,3-6H2. The molecule has 6 rings (SSSR count). The quantitative estimate of drug-likeness (QED) is 0.611. The number of hydrogen-bond donors (Lipinski definition) is 2. The first-order valence-corrected chi connectivity index (χ1v) is 13.5. The average Bonchev–Trinajstić information content (AvgIpc) is 3.42. The van der Waals surface area contributed by atoms with Gasteiger partial charge in [0, 0.05) is 26.2 Å². The molecular formula is C28H38N6O3. The fourth-order valence-corrected chi connectivity index (χ4v) is 5.51. The van der Waals surface area contributed by atoms with Crippen molar-refractivity contribution < 1.29 is 14.3 Å². The third-order valence-electron chi connectivity index (χ3n) is 7.55. The van der Waals surface area contributed by atoms with E-state index >= 15 is 0 Å². The minimum absolute atomic E-state index is 0.0764. The maximum Gasteiger partial charge on any atom is 0.245 e. The predicted octanol–water partition coefficient (Wildman–Crippen LogP) is 3.52. The molecule has 198 valence electrons. The van der Waals surface area contributed by atoms with Crippen LogP contribution in [0.5, 0.6) is 5.75 Å². The number of morpholine rings is 1. The molecule has 4 aliphatic rings. The van der Waals surface area contributed by atoms with E-state index in [0.717, 1.165) is 94.0 Å². The van der Waals surface area contributed by atoms with Crippen LogP contribution in [0, 0.1) is 6.92 Å². The molecule has 9 nitrogen and oxygen atoms in total. The van der Waals surface area contributed by atoms with Gasteiger partial charge in [-0.25, -0.2) is 9.97 Å². The average molecular weight is 507 g/mol. The molecule has 9 heteroatoms. The second-order valence-electron chi connectivity index (χ2n) is 10.0. The summed E-state index contributed by atoms with van der Waals surface area (Å²) in [4.78, 5) is 24.0. The van der Waals surface area contributed by atoms with Gasteiger partial charge in [0.25, 0.3) is 0 Å². The zero-order valence-corrected chi connectivity index (χ0v) is 21.8. The Balaban J connectivity index is 0.000000265. The van der Waals surface area contributed by atoms with Crippen molar-refractivity contribution in [3.8, 4) is 5.75 Å². The molecule has 0 bridgehead atoms. The molecule has 2 N–H and O–H groups in total. The fourth-order valence-electron chi connectivity index (χ4n) is 5.51. The van der Waals surface area contributed by atoms with E-state index in [1.807, 2.05) is 4.90 Å². The molecule has 0 radical (unpaired) electrons. The number of piperidine rings is 1. The lowest BCUT2D eigenvalue weighted by atomic mass is 9.89. The summed E-state index contributed by atoms with van der Waals surface area (Å²) in [6.07, 6.45) is 7.69. The molecule has 1 amide bonds. The number of nitrogens with zero attached hydrogens (tertiary/aromatic N) is 4. The first-order valence-electron chi connectivity index (χ1n) is 13.5. The Hall–Kier alpha value is -3.17. The van der Waals surface area contributed by atoms with Crippen LogP contribution in [0.1, 0.15) is 48.3 Å². The van der Waals surface area contributed by atoms with Gasteiger partial charge in [0.2, 0.25) is 5.91 Å². The number of carbonyl (C=O) groups is 1. The van der Waals surface area contributed by atoms with Crippen LogP contribution < -0.4 is 20.3 Å². The number of fused-ring (bicyclic) bond motifs is 2. The summed E-state index contributed by atoms with van der Waals surface area (Å²) in [6, 6.07) is 4.55. The molecule has 3 saturated heterocycles. The fraction of sp³-hybridized carbons (Fsp3) is 0.536. The van der Waals surface area contributed by atoms with Crippen LogP contribution in [0.3, 0.4) is 0 Å². The Morgan fingerprint density at radius 3 is 2.59 bits per heavy atom. The van der Waals surface area contributed by atoms with Gasteiger partial charge in [-0.15, -0.1) is 0 Å². The highest BCUT2D eigenvalue weighted by molar-refractivity contribution is 5.87. The van der Waals surface area contributed by atoms with Crippen LogP contribution in [-0.2, 0) is 16.1 Å². The Kier molecular flexibility index (Phi) is 8.21. The van der Waals surface area contributed by atoms with Crippen LogP contribution in [0.4, 0.5) is 17.3 Å². The highest BCUT2D eigenvalue weighted by Gasteiger charge is 2.25. The molecule has 1 aromatic heterocycles. The van der Waals surface area contributed by atoms with Gasteiger partial charge in [-0.1, -0.05) is 12.6 Å². The predicted molar refractivity (Wildman–Crippen MR) is 145 cm³/mol. The van der Waals surface area contributed by atoms with Crippen LogP contribution in [0.25, 0.3) is 0 Å². The number of likely N-dealkylation sites (tertiary alicyclic amines) is 1. The Morgan fingerprint density at radius 1 is 1.11 bits per heavy atom. The number of anilines is 3. The van der Waals surface area contributed by atoms with Gasteiger partial charge in [0.05, 0.1) is 24.5 Å². The molecule has 4 aliphatic heterocycles. The van der Waals surface area contributed by atoms with Gasteiger partial charge < -0.3 is 29.9 Å². The first-order chi connectivity index (χ1) is 18.1. The molecule has 3 fully saturated rings.